The van der Waals surface area contributed by atoms with Gasteiger partial charge in [0, 0.05) is 18.8 Å². The number of carboxylic acids is 1. The number of carbonyl (C=O) groups is 1. The lowest BCUT2D eigenvalue weighted by molar-refractivity contribution is 0.0692. The highest BCUT2D eigenvalue weighted by Gasteiger charge is 2.29. The van der Waals surface area contributed by atoms with Crippen LogP contribution >= 0.6 is 0 Å². The first kappa shape index (κ1) is 14.5. The molecule has 108 valence electrons. The molecule has 0 amide bonds. The molecule has 1 heterocycles. The fraction of sp³-hybridized carbons (Fsp3) is 0.308. The first-order chi connectivity index (χ1) is 9.32. The average molecular weight is 296 g/mol. The van der Waals surface area contributed by atoms with Gasteiger partial charge in [-0.15, -0.1) is 0 Å². The third-order valence-corrected chi connectivity index (χ3v) is 5.16. The van der Waals surface area contributed by atoms with Crippen molar-refractivity contribution < 1.29 is 18.3 Å². The van der Waals surface area contributed by atoms with E-state index in [2.05, 4.69) is 0 Å². The first-order valence-corrected chi connectivity index (χ1v) is 7.55. The van der Waals surface area contributed by atoms with Crippen LogP contribution in [0.1, 0.15) is 23.7 Å². The molecular formula is C13H16N2O4S. The van der Waals surface area contributed by atoms with Crippen molar-refractivity contribution in [2.45, 2.75) is 18.2 Å². The largest absolute Gasteiger partial charge is 0.478 e. The third kappa shape index (κ3) is 2.68. The molecule has 1 aliphatic heterocycles. The number of benzene rings is 1. The molecule has 0 aromatic heterocycles. The summed E-state index contributed by atoms with van der Waals surface area (Å²) in [7, 11) is -3.86. The molecule has 7 heteroatoms. The van der Waals surface area contributed by atoms with Crippen LogP contribution in [-0.2, 0) is 10.0 Å². The van der Waals surface area contributed by atoms with Crippen LogP contribution in [0.25, 0.3) is 0 Å². The zero-order chi connectivity index (χ0) is 14.9. The van der Waals surface area contributed by atoms with Crippen molar-refractivity contribution in [2.75, 3.05) is 18.8 Å². The second-order valence-corrected chi connectivity index (χ2v) is 6.63. The summed E-state index contributed by atoms with van der Waals surface area (Å²) >= 11 is 0. The second kappa shape index (κ2) is 5.26. The molecule has 2 rings (SSSR count). The van der Waals surface area contributed by atoms with E-state index in [0.29, 0.717) is 13.0 Å². The maximum atomic E-state index is 12.5. The van der Waals surface area contributed by atoms with E-state index in [1.165, 1.54) is 22.5 Å². The highest BCUT2D eigenvalue weighted by Crippen LogP contribution is 2.25. The fourth-order valence-corrected chi connectivity index (χ4v) is 3.64. The zero-order valence-corrected chi connectivity index (χ0v) is 11.9. The topological polar surface area (TPSA) is 101 Å². The van der Waals surface area contributed by atoms with Crippen LogP contribution in [0.3, 0.4) is 0 Å². The molecular weight excluding hydrogens is 280 g/mol. The normalized spacial score (nSPS) is 16.8. The Morgan fingerprint density at radius 2 is 2.10 bits per heavy atom. The molecule has 0 aliphatic carbocycles. The molecule has 0 atom stereocenters. The van der Waals surface area contributed by atoms with Gasteiger partial charge in [-0.2, -0.15) is 4.31 Å². The van der Waals surface area contributed by atoms with Crippen molar-refractivity contribution in [1.29, 1.82) is 0 Å². The number of nitrogen functional groups attached to an aromatic ring is 1. The minimum Gasteiger partial charge on any atom is -0.478 e. The van der Waals surface area contributed by atoms with Gasteiger partial charge in [0.25, 0.3) is 0 Å². The molecule has 0 saturated carbocycles. The number of anilines is 1. The maximum Gasteiger partial charge on any atom is 0.337 e. The van der Waals surface area contributed by atoms with E-state index in [9.17, 15) is 13.2 Å². The van der Waals surface area contributed by atoms with Crippen molar-refractivity contribution >= 4 is 21.7 Å². The number of hydrogen-bond donors (Lipinski definition) is 2. The molecule has 0 fully saturated rings. The highest BCUT2D eigenvalue weighted by atomic mass is 32.2. The van der Waals surface area contributed by atoms with Crippen LogP contribution in [0.5, 0.6) is 0 Å². The Kier molecular flexibility index (Phi) is 3.82. The van der Waals surface area contributed by atoms with Crippen LogP contribution in [0.15, 0.2) is 34.7 Å². The lowest BCUT2D eigenvalue weighted by Gasteiger charge is -2.25. The van der Waals surface area contributed by atoms with Gasteiger partial charge in [-0.3, -0.25) is 0 Å². The number of carboxylic acid groups (broad SMARTS) is 1. The molecule has 20 heavy (non-hydrogen) atoms. The van der Waals surface area contributed by atoms with Gasteiger partial charge >= 0.3 is 5.97 Å². The standard InChI is InChI=1S/C13H16N2O4S/c1-9-4-6-15(7-5-9)20(18,19)12-8-10(14)2-3-11(12)13(16)17/h2-4,8H,5-7,14H2,1H3,(H,16,17). The predicted octanol–water partition coefficient (Wildman–Crippen LogP) is 1.31. The van der Waals surface area contributed by atoms with E-state index in [0.717, 1.165) is 5.57 Å². The SMILES string of the molecule is CC1=CCN(S(=O)(=O)c2cc(N)ccc2C(=O)O)CC1. The van der Waals surface area contributed by atoms with Crippen molar-refractivity contribution in [3.63, 3.8) is 0 Å². The van der Waals surface area contributed by atoms with Crippen molar-refractivity contribution in [3.05, 3.63) is 35.4 Å². The van der Waals surface area contributed by atoms with Gasteiger partial charge in [0.05, 0.1) is 10.5 Å². The Hall–Kier alpha value is -1.86. The van der Waals surface area contributed by atoms with E-state index in [1.54, 1.807) is 0 Å². The molecule has 0 radical (unpaired) electrons. The van der Waals surface area contributed by atoms with E-state index < -0.39 is 16.0 Å². The van der Waals surface area contributed by atoms with Crippen LogP contribution in [0.2, 0.25) is 0 Å². The monoisotopic (exact) mass is 296 g/mol. The van der Waals surface area contributed by atoms with Crippen molar-refractivity contribution in [2.24, 2.45) is 0 Å². The van der Waals surface area contributed by atoms with Crippen LogP contribution in [0, 0.1) is 0 Å². The highest BCUT2D eigenvalue weighted by molar-refractivity contribution is 7.89. The lowest BCUT2D eigenvalue weighted by Crippen LogP contribution is -2.35. The molecule has 1 aliphatic rings. The van der Waals surface area contributed by atoms with Gasteiger partial charge in [0.15, 0.2) is 0 Å². The molecule has 0 saturated heterocycles. The molecule has 1 aromatic rings. The number of rotatable bonds is 3. The molecule has 0 bridgehead atoms. The third-order valence-electron chi connectivity index (χ3n) is 3.25. The van der Waals surface area contributed by atoms with Crippen LogP contribution in [0.4, 0.5) is 5.69 Å². The maximum absolute atomic E-state index is 12.5. The first-order valence-electron chi connectivity index (χ1n) is 6.11. The number of nitrogens with zero attached hydrogens (tertiary/aromatic N) is 1. The van der Waals surface area contributed by atoms with Gasteiger partial charge in [0.1, 0.15) is 0 Å². The molecule has 1 aromatic carbocycles. The number of hydrogen-bond acceptors (Lipinski definition) is 4. The van der Waals surface area contributed by atoms with Crippen LogP contribution < -0.4 is 5.73 Å². The Balaban J connectivity index is 2.49. The zero-order valence-electron chi connectivity index (χ0n) is 11.0. The van der Waals surface area contributed by atoms with E-state index in [4.69, 9.17) is 10.8 Å². The molecule has 6 nitrogen and oxygen atoms in total. The minimum absolute atomic E-state index is 0.220. The van der Waals surface area contributed by atoms with Crippen LogP contribution in [-0.4, -0.2) is 36.9 Å². The average Bonchev–Trinajstić information content (AvgIpc) is 2.38. The summed E-state index contributed by atoms with van der Waals surface area (Å²) in [5.74, 6) is -1.28. The Labute approximate surface area is 117 Å². The van der Waals surface area contributed by atoms with Gasteiger partial charge in [-0.05, 0) is 31.5 Å². The van der Waals surface area contributed by atoms with E-state index >= 15 is 0 Å². The summed E-state index contributed by atoms with van der Waals surface area (Å²) < 4.78 is 26.4. The Bertz CT molecular complexity index is 680. The molecule has 3 N–H and O–H groups in total. The number of aromatic carboxylic acids is 1. The van der Waals surface area contributed by atoms with E-state index in [1.807, 2.05) is 13.0 Å². The summed E-state index contributed by atoms with van der Waals surface area (Å²) in [6, 6.07) is 3.79. The number of sulfonamides is 1. The van der Waals surface area contributed by atoms with Crippen molar-refractivity contribution in [1.82, 2.24) is 4.31 Å². The van der Waals surface area contributed by atoms with Gasteiger partial charge in [0.2, 0.25) is 10.0 Å². The summed E-state index contributed by atoms with van der Waals surface area (Å²) in [5.41, 5.74) is 6.68. The smallest absolute Gasteiger partial charge is 0.337 e. The molecule has 0 spiro atoms. The quantitative estimate of drug-likeness (QED) is 0.647. The molecule has 0 unspecified atom stereocenters. The summed E-state index contributed by atoms with van der Waals surface area (Å²) in [6.45, 7) is 2.54. The summed E-state index contributed by atoms with van der Waals surface area (Å²) in [5, 5.41) is 9.12. The fourth-order valence-electron chi connectivity index (χ4n) is 2.04. The van der Waals surface area contributed by atoms with E-state index in [-0.39, 0.29) is 22.7 Å². The van der Waals surface area contributed by atoms with Crippen molar-refractivity contribution in [3.8, 4) is 0 Å². The summed E-state index contributed by atoms with van der Waals surface area (Å²) in [6.07, 6.45) is 2.47. The predicted molar refractivity (Wildman–Crippen MR) is 74.9 cm³/mol. The summed E-state index contributed by atoms with van der Waals surface area (Å²) in [4.78, 5) is 10.9. The number of nitrogens with two attached hydrogens (primary N) is 1. The van der Waals surface area contributed by atoms with Gasteiger partial charge < -0.3 is 10.8 Å². The Morgan fingerprint density at radius 3 is 2.65 bits per heavy atom. The lowest BCUT2D eigenvalue weighted by atomic mass is 10.1. The minimum atomic E-state index is -3.86. The Morgan fingerprint density at radius 1 is 1.40 bits per heavy atom. The second-order valence-electron chi connectivity index (χ2n) is 4.72. The van der Waals surface area contributed by atoms with Gasteiger partial charge in [-0.1, -0.05) is 11.6 Å². The van der Waals surface area contributed by atoms with Gasteiger partial charge in [-0.25, -0.2) is 13.2 Å².